The number of rotatable bonds is 5. The standard InChI is InChI=1S/C15H20N6O2S/c1-20-6-2-4-10(13(20)12-5-3-7-24-12)8-17-15-18-9-11(21(22)23)14(16)19-15/h3,5,7,9-10,13H,2,4,6,8H2,1H3,(H3,16,17,18,19)/t10-,13-/m0/s1. The van der Waals surface area contributed by atoms with Gasteiger partial charge in [-0.15, -0.1) is 11.3 Å². The minimum Gasteiger partial charge on any atom is -0.378 e. The molecule has 0 spiro atoms. The van der Waals surface area contributed by atoms with Crippen LogP contribution in [0.4, 0.5) is 17.5 Å². The molecule has 0 amide bonds. The Morgan fingerprint density at radius 3 is 3.08 bits per heavy atom. The van der Waals surface area contributed by atoms with Gasteiger partial charge < -0.3 is 11.1 Å². The van der Waals surface area contributed by atoms with E-state index < -0.39 is 4.92 Å². The van der Waals surface area contributed by atoms with Crippen molar-refractivity contribution in [3.05, 3.63) is 38.7 Å². The third-order valence-corrected chi connectivity index (χ3v) is 5.30. The number of anilines is 2. The average molecular weight is 348 g/mol. The summed E-state index contributed by atoms with van der Waals surface area (Å²) in [5.74, 6) is 0.631. The quantitative estimate of drug-likeness (QED) is 0.631. The number of aromatic nitrogens is 2. The summed E-state index contributed by atoms with van der Waals surface area (Å²) in [6, 6.07) is 4.61. The van der Waals surface area contributed by atoms with Gasteiger partial charge in [0.15, 0.2) is 0 Å². The van der Waals surface area contributed by atoms with Crippen molar-refractivity contribution in [2.24, 2.45) is 5.92 Å². The van der Waals surface area contributed by atoms with Crippen molar-refractivity contribution in [1.82, 2.24) is 14.9 Å². The maximum atomic E-state index is 10.8. The number of hydrogen-bond donors (Lipinski definition) is 2. The summed E-state index contributed by atoms with van der Waals surface area (Å²) < 4.78 is 0. The highest BCUT2D eigenvalue weighted by Gasteiger charge is 2.31. The Morgan fingerprint density at radius 2 is 2.42 bits per heavy atom. The third-order valence-electron chi connectivity index (χ3n) is 4.36. The summed E-state index contributed by atoms with van der Waals surface area (Å²) in [7, 11) is 2.15. The van der Waals surface area contributed by atoms with Crippen LogP contribution in [0, 0.1) is 16.0 Å². The molecule has 1 saturated heterocycles. The number of nitro groups is 1. The van der Waals surface area contributed by atoms with E-state index in [9.17, 15) is 10.1 Å². The van der Waals surface area contributed by atoms with Crippen molar-refractivity contribution in [2.75, 3.05) is 31.2 Å². The lowest BCUT2D eigenvalue weighted by Crippen LogP contribution is -2.38. The van der Waals surface area contributed by atoms with Gasteiger partial charge in [0.1, 0.15) is 6.20 Å². The van der Waals surface area contributed by atoms with Crippen LogP contribution in [-0.2, 0) is 0 Å². The van der Waals surface area contributed by atoms with E-state index in [-0.39, 0.29) is 11.5 Å². The van der Waals surface area contributed by atoms with Crippen LogP contribution in [0.2, 0.25) is 0 Å². The van der Waals surface area contributed by atoms with Gasteiger partial charge in [-0.3, -0.25) is 15.0 Å². The van der Waals surface area contributed by atoms with E-state index in [0.717, 1.165) is 25.6 Å². The fourth-order valence-corrected chi connectivity index (χ4v) is 4.20. The first-order chi connectivity index (χ1) is 11.6. The summed E-state index contributed by atoms with van der Waals surface area (Å²) in [6.45, 7) is 1.78. The number of nitrogens with one attached hydrogen (secondary N) is 1. The molecule has 0 aromatic carbocycles. The van der Waals surface area contributed by atoms with E-state index in [1.807, 2.05) is 0 Å². The number of likely N-dealkylation sites (tertiary alicyclic amines) is 1. The molecule has 3 N–H and O–H groups in total. The van der Waals surface area contributed by atoms with Crippen LogP contribution < -0.4 is 11.1 Å². The largest absolute Gasteiger partial charge is 0.378 e. The second kappa shape index (κ2) is 7.10. The molecule has 0 saturated carbocycles. The number of hydrogen-bond acceptors (Lipinski definition) is 8. The molecule has 2 aromatic rings. The van der Waals surface area contributed by atoms with Crippen LogP contribution in [0.3, 0.4) is 0 Å². The number of nitrogens with zero attached hydrogens (tertiary/aromatic N) is 4. The maximum absolute atomic E-state index is 10.8. The normalized spacial score (nSPS) is 21.5. The van der Waals surface area contributed by atoms with E-state index in [4.69, 9.17) is 5.73 Å². The first-order valence-electron chi connectivity index (χ1n) is 7.80. The highest BCUT2D eigenvalue weighted by molar-refractivity contribution is 7.10. The smallest absolute Gasteiger partial charge is 0.329 e. The Morgan fingerprint density at radius 1 is 1.58 bits per heavy atom. The lowest BCUT2D eigenvalue weighted by Gasteiger charge is -2.38. The minimum atomic E-state index is -0.581. The molecular formula is C15H20N6O2S. The van der Waals surface area contributed by atoms with Gasteiger partial charge in [0.2, 0.25) is 11.8 Å². The molecule has 3 rings (SSSR count). The molecule has 8 nitrogen and oxygen atoms in total. The predicted octanol–water partition coefficient (Wildman–Crippen LogP) is 2.52. The van der Waals surface area contributed by atoms with Gasteiger partial charge in [-0.2, -0.15) is 4.98 Å². The van der Waals surface area contributed by atoms with Crippen LogP contribution in [0.15, 0.2) is 23.7 Å². The van der Waals surface area contributed by atoms with Crippen LogP contribution in [0.25, 0.3) is 0 Å². The molecule has 3 heterocycles. The zero-order chi connectivity index (χ0) is 17.1. The SMILES string of the molecule is CN1CCC[C@@H](CNc2ncc([N+](=O)[O-])c(N)n2)[C@H]1c1cccs1. The molecule has 2 atom stereocenters. The molecule has 24 heavy (non-hydrogen) atoms. The van der Waals surface area contributed by atoms with Gasteiger partial charge in [0.25, 0.3) is 0 Å². The molecule has 1 fully saturated rings. The minimum absolute atomic E-state index is 0.118. The Labute approximate surface area is 143 Å². The van der Waals surface area contributed by atoms with Crippen LogP contribution >= 0.6 is 11.3 Å². The highest BCUT2D eigenvalue weighted by atomic mass is 32.1. The molecule has 1 aliphatic heterocycles. The Kier molecular flexibility index (Phi) is 4.91. The summed E-state index contributed by atoms with van der Waals surface area (Å²) in [5, 5.41) is 16.1. The van der Waals surface area contributed by atoms with Crippen molar-refractivity contribution >= 4 is 28.8 Å². The topological polar surface area (TPSA) is 110 Å². The van der Waals surface area contributed by atoms with Gasteiger partial charge in [-0.1, -0.05) is 6.07 Å². The zero-order valence-corrected chi connectivity index (χ0v) is 14.2. The van der Waals surface area contributed by atoms with Crippen molar-refractivity contribution < 1.29 is 4.92 Å². The van der Waals surface area contributed by atoms with Crippen molar-refractivity contribution in [2.45, 2.75) is 18.9 Å². The molecule has 0 radical (unpaired) electrons. The molecule has 2 aromatic heterocycles. The fraction of sp³-hybridized carbons (Fsp3) is 0.467. The first-order valence-corrected chi connectivity index (χ1v) is 8.68. The van der Waals surface area contributed by atoms with Crippen LogP contribution in [0.5, 0.6) is 0 Å². The van der Waals surface area contributed by atoms with Gasteiger partial charge in [0, 0.05) is 17.5 Å². The fourth-order valence-electron chi connectivity index (χ4n) is 3.22. The maximum Gasteiger partial charge on any atom is 0.329 e. The number of nitrogen functional groups attached to an aromatic ring is 1. The number of nitrogens with two attached hydrogens (primary N) is 1. The van der Waals surface area contributed by atoms with E-state index in [1.165, 1.54) is 4.88 Å². The van der Waals surface area contributed by atoms with E-state index in [2.05, 4.69) is 44.7 Å². The highest BCUT2D eigenvalue weighted by Crippen LogP contribution is 2.37. The molecule has 1 aliphatic rings. The molecule has 9 heteroatoms. The third kappa shape index (κ3) is 3.46. The van der Waals surface area contributed by atoms with Gasteiger partial charge in [-0.25, -0.2) is 4.98 Å². The molecule has 0 unspecified atom stereocenters. The molecule has 128 valence electrons. The summed E-state index contributed by atoms with van der Waals surface area (Å²) in [4.78, 5) is 21.9. The molecule has 0 aliphatic carbocycles. The second-order valence-corrected chi connectivity index (χ2v) is 6.92. The second-order valence-electron chi connectivity index (χ2n) is 5.95. The van der Waals surface area contributed by atoms with Crippen molar-refractivity contribution in [3.8, 4) is 0 Å². The van der Waals surface area contributed by atoms with Gasteiger partial charge in [-0.05, 0) is 43.8 Å². The number of thiophene rings is 1. The zero-order valence-electron chi connectivity index (χ0n) is 13.4. The molecular weight excluding hydrogens is 328 g/mol. The summed E-state index contributed by atoms with van der Waals surface area (Å²) in [6.07, 6.45) is 3.41. The van der Waals surface area contributed by atoms with Crippen molar-refractivity contribution in [3.63, 3.8) is 0 Å². The first kappa shape index (κ1) is 16.6. The summed E-state index contributed by atoms with van der Waals surface area (Å²) in [5.41, 5.74) is 5.35. The Bertz CT molecular complexity index is 708. The molecule has 0 bridgehead atoms. The Balaban J connectivity index is 1.70. The monoisotopic (exact) mass is 348 g/mol. The van der Waals surface area contributed by atoms with Gasteiger partial charge >= 0.3 is 5.69 Å². The average Bonchev–Trinajstić information content (AvgIpc) is 3.06. The van der Waals surface area contributed by atoms with E-state index >= 15 is 0 Å². The lowest BCUT2D eigenvalue weighted by molar-refractivity contribution is -0.384. The van der Waals surface area contributed by atoms with Gasteiger partial charge in [0.05, 0.1) is 4.92 Å². The predicted molar refractivity (Wildman–Crippen MR) is 94.0 cm³/mol. The summed E-state index contributed by atoms with van der Waals surface area (Å²) >= 11 is 1.77. The van der Waals surface area contributed by atoms with E-state index in [1.54, 1.807) is 11.3 Å². The lowest BCUT2D eigenvalue weighted by atomic mass is 9.88. The van der Waals surface area contributed by atoms with Crippen LogP contribution in [-0.4, -0.2) is 39.9 Å². The van der Waals surface area contributed by atoms with Crippen molar-refractivity contribution in [1.29, 1.82) is 0 Å². The Hall–Kier alpha value is -2.26. The van der Waals surface area contributed by atoms with Crippen LogP contribution in [0.1, 0.15) is 23.8 Å². The number of piperidine rings is 1. The van der Waals surface area contributed by atoms with E-state index in [0.29, 0.717) is 24.5 Å².